The Hall–Kier alpha value is -1.93. The topological polar surface area (TPSA) is 212 Å². The number of hydrogen-bond acceptors (Lipinski definition) is 13. The number of carbonyl (C=O) groups excluding carboxylic acids is 2. The van der Waals surface area contributed by atoms with Crippen LogP contribution in [0.4, 0.5) is 0 Å². The summed E-state index contributed by atoms with van der Waals surface area (Å²) in [6, 6.07) is 0. The molecule has 1 aliphatic carbocycles. The van der Waals surface area contributed by atoms with Crippen LogP contribution in [0.5, 0.6) is 0 Å². The van der Waals surface area contributed by atoms with E-state index < -0.39 is 75.7 Å². The number of hydrogen-bond donors (Lipinski definition) is 5. The van der Waals surface area contributed by atoms with Gasteiger partial charge < -0.3 is 48.9 Å². The molecule has 0 heterocycles. The van der Waals surface area contributed by atoms with Crippen LogP contribution in [-0.2, 0) is 32.7 Å². The number of rotatable bonds is 35. The van der Waals surface area contributed by atoms with Crippen LogP contribution >= 0.6 is 7.82 Å². The lowest BCUT2D eigenvalue weighted by molar-refractivity contribution is -0.261. The zero-order valence-corrected chi connectivity index (χ0v) is 35.7. The highest BCUT2D eigenvalue weighted by Crippen LogP contribution is 2.43. The number of ether oxygens (including phenoxy) is 2. The highest BCUT2D eigenvalue weighted by atomic mass is 31.2. The molecule has 332 valence electrons. The van der Waals surface area contributed by atoms with E-state index in [9.17, 15) is 44.6 Å². The monoisotopic (exact) mass is 832 g/mol. The molecule has 0 aliphatic heterocycles. The van der Waals surface area contributed by atoms with Gasteiger partial charge in [0.05, 0.1) is 6.61 Å². The van der Waals surface area contributed by atoms with Gasteiger partial charge >= 0.3 is 11.9 Å². The van der Waals surface area contributed by atoms with Crippen molar-refractivity contribution in [1.29, 1.82) is 0 Å². The van der Waals surface area contributed by atoms with Crippen molar-refractivity contribution >= 4 is 19.8 Å². The van der Waals surface area contributed by atoms with Crippen molar-refractivity contribution in [2.75, 3.05) is 13.2 Å². The molecule has 57 heavy (non-hydrogen) atoms. The van der Waals surface area contributed by atoms with Crippen molar-refractivity contribution in [3.05, 3.63) is 36.5 Å². The van der Waals surface area contributed by atoms with E-state index in [2.05, 4.69) is 50.3 Å². The van der Waals surface area contributed by atoms with Crippen molar-refractivity contribution in [2.45, 2.75) is 211 Å². The second-order valence-electron chi connectivity index (χ2n) is 15.2. The molecule has 0 aromatic heterocycles. The molecule has 0 saturated heterocycles. The van der Waals surface area contributed by atoms with E-state index in [1.807, 2.05) is 0 Å². The van der Waals surface area contributed by atoms with Gasteiger partial charge in [-0.15, -0.1) is 0 Å². The first kappa shape index (κ1) is 53.1. The van der Waals surface area contributed by atoms with Gasteiger partial charge in [-0.3, -0.25) is 14.2 Å². The first-order valence-corrected chi connectivity index (χ1v) is 23.2. The number of unbranched alkanes of at least 4 members (excludes halogenated alkanes) is 17. The maximum absolute atomic E-state index is 12.7. The van der Waals surface area contributed by atoms with Gasteiger partial charge in [0.25, 0.3) is 7.82 Å². The first-order chi connectivity index (χ1) is 27.4. The van der Waals surface area contributed by atoms with Gasteiger partial charge in [0.2, 0.25) is 0 Å². The van der Waals surface area contributed by atoms with Crippen LogP contribution < -0.4 is 4.89 Å². The van der Waals surface area contributed by atoms with E-state index in [0.717, 1.165) is 70.6 Å². The summed E-state index contributed by atoms with van der Waals surface area (Å²) >= 11 is 0. The molecule has 0 aromatic carbocycles. The molecule has 0 spiro atoms. The van der Waals surface area contributed by atoms with E-state index in [1.165, 1.54) is 57.8 Å². The summed E-state index contributed by atoms with van der Waals surface area (Å²) in [4.78, 5) is 37.9. The van der Waals surface area contributed by atoms with Crippen molar-refractivity contribution < 1.29 is 63.1 Å². The van der Waals surface area contributed by atoms with Gasteiger partial charge in [-0.25, -0.2) is 0 Å². The van der Waals surface area contributed by atoms with Crippen LogP contribution in [0.2, 0.25) is 0 Å². The Labute approximate surface area is 342 Å². The maximum atomic E-state index is 12.7. The second kappa shape index (κ2) is 33.9. The Morgan fingerprint density at radius 3 is 1.54 bits per heavy atom. The summed E-state index contributed by atoms with van der Waals surface area (Å²) in [7, 11) is -5.37. The van der Waals surface area contributed by atoms with E-state index in [-0.39, 0.29) is 12.8 Å². The van der Waals surface area contributed by atoms with Gasteiger partial charge in [0.15, 0.2) is 6.10 Å². The Morgan fingerprint density at radius 1 is 0.579 bits per heavy atom. The smallest absolute Gasteiger partial charge is 0.306 e. The molecule has 8 atom stereocenters. The average Bonchev–Trinajstić information content (AvgIpc) is 3.19. The molecule has 1 fully saturated rings. The van der Waals surface area contributed by atoms with Crippen LogP contribution in [0.15, 0.2) is 36.5 Å². The summed E-state index contributed by atoms with van der Waals surface area (Å²) in [6.07, 6.45) is 23.0. The van der Waals surface area contributed by atoms with Crippen LogP contribution in [0.3, 0.4) is 0 Å². The van der Waals surface area contributed by atoms with Gasteiger partial charge in [-0.1, -0.05) is 147 Å². The van der Waals surface area contributed by atoms with E-state index in [0.29, 0.717) is 12.8 Å². The van der Waals surface area contributed by atoms with Crippen LogP contribution in [0.25, 0.3) is 0 Å². The molecule has 1 saturated carbocycles. The lowest BCUT2D eigenvalue weighted by Gasteiger charge is -2.43. The molecule has 1 aliphatic rings. The fourth-order valence-electron chi connectivity index (χ4n) is 6.47. The molecule has 1 rings (SSSR count). The molecule has 3 unspecified atom stereocenters. The highest BCUT2D eigenvalue weighted by Gasteiger charge is 2.50. The minimum Gasteiger partial charge on any atom is -0.756 e. The van der Waals surface area contributed by atoms with Crippen molar-refractivity contribution in [1.82, 2.24) is 0 Å². The number of carbonyl (C=O) groups is 2. The fraction of sp³-hybridized carbons (Fsp3) is 0.814. The minimum absolute atomic E-state index is 0.0627. The minimum atomic E-state index is -5.37. The van der Waals surface area contributed by atoms with Crippen molar-refractivity contribution in [3.63, 3.8) is 0 Å². The Kier molecular flexibility index (Phi) is 31.5. The zero-order chi connectivity index (χ0) is 42.2. The van der Waals surface area contributed by atoms with Gasteiger partial charge in [0, 0.05) is 12.8 Å². The molecule has 5 N–H and O–H groups in total. The van der Waals surface area contributed by atoms with E-state index >= 15 is 0 Å². The fourth-order valence-corrected chi connectivity index (χ4v) is 7.43. The predicted octanol–water partition coefficient (Wildman–Crippen LogP) is 7.20. The largest absolute Gasteiger partial charge is 0.756 e. The second-order valence-corrected chi connectivity index (χ2v) is 16.5. The molecule has 14 heteroatoms. The summed E-state index contributed by atoms with van der Waals surface area (Å²) in [5.41, 5.74) is 0. The number of phosphoric ester groups is 1. The molecule has 13 nitrogen and oxygen atoms in total. The molecule has 0 amide bonds. The molecular formula is C43H76O13P-. The lowest BCUT2D eigenvalue weighted by Crippen LogP contribution is -2.64. The standard InChI is InChI=1S/C43H77O13P/c1-3-5-7-9-11-13-15-17-18-20-22-24-26-28-30-32-37(45)55-35(34-54-57(51,52)56-43-41(49)39(47)38(46)40(48)42(43)50)33-53-36(44)31-29-27-25-23-21-19-16-14-12-10-8-6-4-2/h5,7,11,13,17-18,35,38-43,46-50H,3-4,6,8-10,12,14-16,19-34H2,1-2H3,(H,51,52)/p-1/b7-5-,13-11-,18-17-/t35-,38?,39-,40+,41-,42-,43?/m1/s1. The summed E-state index contributed by atoms with van der Waals surface area (Å²) in [5, 5.41) is 49.9. The lowest BCUT2D eigenvalue weighted by atomic mass is 9.85. The number of esters is 2. The molecule has 0 aromatic rings. The SMILES string of the molecule is CC/C=C\C/C=C\C/C=C\CCCCCCCC(=O)O[C@H](COC(=O)CCCCCCCCCCCCCCC)COP(=O)([O-])OC1[C@H](O)[C@H](O)C(O)[C@H](O)[C@H]1O. The first-order valence-electron chi connectivity index (χ1n) is 21.8. The quantitative estimate of drug-likeness (QED) is 0.0185. The Morgan fingerprint density at radius 2 is 1.02 bits per heavy atom. The van der Waals surface area contributed by atoms with Crippen LogP contribution in [0, 0.1) is 0 Å². The zero-order valence-electron chi connectivity index (χ0n) is 34.8. The number of allylic oxidation sites excluding steroid dienone is 6. The highest BCUT2D eigenvalue weighted by molar-refractivity contribution is 7.45. The number of aliphatic hydroxyl groups is 5. The average molecular weight is 832 g/mol. The van der Waals surface area contributed by atoms with E-state index in [4.69, 9.17) is 18.5 Å². The molecular weight excluding hydrogens is 755 g/mol. The van der Waals surface area contributed by atoms with E-state index in [1.54, 1.807) is 0 Å². The third-order valence-electron chi connectivity index (χ3n) is 9.99. The van der Waals surface area contributed by atoms with Crippen LogP contribution in [0.1, 0.15) is 168 Å². The van der Waals surface area contributed by atoms with Gasteiger partial charge in [-0.2, -0.15) is 0 Å². The maximum Gasteiger partial charge on any atom is 0.306 e. The third kappa shape index (κ3) is 26.7. The Bertz CT molecular complexity index is 1150. The van der Waals surface area contributed by atoms with Gasteiger partial charge in [0.1, 0.15) is 43.2 Å². The summed E-state index contributed by atoms with van der Waals surface area (Å²) < 4.78 is 33.1. The molecule has 0 radical (unpaired) electrons. The van der Waals surface area contributed by atoms with Gasteiger partial charge in [-0.05, 0) is 44.9 Å². The molecule has 0 bridgehead atoms. The normalized spacial score (nSPS) is 23.0. The predicted molar refractivity (Wildman–Crippen MR) is 219 cm³/mol. The summed E-state index contributed by atoms with van der Waals surface area (Å²) in [5.74, 6) is -1.15. The van der Waals surface area contributed by atoms with Crippen molar-refractivity contribution in [2.24, 2.45) is 0 Å². The third-order valence-corrected chi connectivity index (χ3v) is 11.0. The van der Waals surface area contributed by atoms with Crippen LogP contribution in [-0.4, -0.2) is 93.4 Å². The van der Waals surface area contributed by atoms with Crippen molar-refractivity contribution in [3.8, 4) is 0 Å². The number of aliphatic hydroxyl groups excluding tert-OH is 5. The number of phosphoric acid groups is 1. The summed E-state index contributed by atoms with van der Waals surface area (Å²) in [6.45, 7) is 3.06. The Balaban J connectivity index is 2.50.